The number of ether oxygens (including phenoxy) is 1. The second-order valence-corrected chi connectivity index (χ2v) is 11.7. The van der Waals surface area contributed by atoms with Crippen molar-refractivity contribution in [2.75, 3.05) is 49.1 Å². The lowest BCUT2D eigenvalue weighted by molar-refractivity contribution is -0.0592. The minimum Gasteiger partial charge on any atom is -0.478 e. The van der Waals surface area contributed by atoms with Gasteiger partial charge in [0.05, 0.1) is 35.8 Å². The summed E-state index contributed by atoms with van der Waals surface area (Å²) >= 11 is 6.06. The summed E-state index contributed by atoms with van der Waals surface area (Å²) in [7, 11) is 0. The summed E-state index contributed by atoms with van der Waals surface area (Å²) in [6.45, 7) is 6.68. The van der Waals surface area contributed by atoms with E-state index in [2.05, 4.69) is 19.3 Å². The van der Waals surface area contributed by atoms with E-state index in [0.29, 0.717) is 30.2 Å². The molecule has 2 aromatic heterocycles. The van der Waals surface area contributed by atoms with Crippen LogP contribution in [0.4, 0.5) is 16.0 Å². The first-order valence-electron chi connectivity index (χ1n) is 14.4. The number of hydrogen-bond donors (Lipinski definition) is 1. The van der Waals surface area contributed by atoms with Gasteiger partial charge in [0.15, 0.2) is 0 Å². The first-order chi connectivity index (χ1) is 20.4. The van der Waals surface area contributed by atoms with Crippen molar-refractivity contribution in [3.8, 4) is 0 Å². The number of fused-ring (bicyclic) bond motifs is 2. The maximum Gasteiger partial charge on any atom is 0.335 e. The average molecular weight is 591 g/mol. The van der Waals surface area contributed by atoms with Crippen molar-refractivity contribution >= 4 is 40.2 Å². The van der Waals surface area contributed by atoms with Crippen LogP contribution in [0.3, 0.4) is 0 Å². The smallest absolute Gasteiger partial charge is 0.335 e. The fraction of sp³-hybridized carbons (Fsp3) is 0.387. The summed E-state index contributed by atoms with van der Waals surface area (Å²) in [4.78, 5) is 28.3. The number of benzene rings is 2. The van der Waals surface area contributed by atoms with E-state index in [0.717, 1.165) is 86.2 Å². The Morgan fingerprint density at radius 2 is 1.81 bits per heavy atom. The van der Waals surface area contributed by atoms with E-state index < -0.39 is 5.97 Å². The van der Waals surface area contributed by atoms with Crippen LogP contribution >= 0.6 is 11.6 Å². The third-order valence-electron chi connectivity index (χ3n) is 8.61. The van der Waals surface area contributed by atoms with E-state index in [1.807, 2.05) is 24.3 Å². The maximum atomic E-state index is 14.6. The highest BCUT2D eigenvalue weighted by Crippen LogP contribution is 2.29. The molecule has 0 unspecified atom stereocenters. The Hall–Kier alpha value is -3.73. The van der Waals surface area contributed by atoms with Crippen LogP contribution in [-0.4, -0.2) is 75.9 Å². The van der Waals surface area contributed by atoms with Gasteiger partial charge in [-0.05, 0) is 60.9 Å². The Kier molecular flexibility index (Phi) is 7.21. The molecule has 1 atom stereocenters. The van der Waals surface area contributed by atoms with Gasteiger partial charge < -0.3 is 24.2 Å². The molecule has 3 aliphatic heterocycles. The summed E-state index contributed by atoms with van der Waals surface area (Å²) in [6, 6.07) is 14.4. The predicted molar refractivity (Wildman–Crippen MR) is 159 cm³/mol. The van der Waals surface area contributed by atoms with Gasteiger partial charge in [0.2, 0.25) is 0 Å². The Balaban J connectivity index is 1.04. The topological polar surface area (TPSA) is 87.0 Å². The summed E-state index contributed by atoms with van der Waals surface area (Å²) < 4.78 is 22.5. The molecule has 2 fully saturated rings. The van der Waals surface area contributed by atoms with Crippen molar-refractivity contribution in [2.24, 2.45) is 0 Å². The maximum absolute atomic E-state index is 14.6. The molecule has 1 N–H and O–H groups in total. The molecule has 11 heteroatoms. The van der Waals surface area contributed by atoms with Gasteiger partial charge >= 0.3 is 5.97 Å². The molecule has 0 spiro atoms. The number of imidazole rings is 1. The molecular weight excluding hydrogens is 559 g/mol. The van der Waals surface area contributed by atoms with Gasteiger partial charge in [0.1, 0.15) is 23.3 Å². The van der Waals surface area contributed by atoms with Crippen LogP contribution in [0.1, 0.15) is 33.7 Å². The number of carboxylic acids is 1. The van der Waals surface area contributed by atoms with E-state index in [1.165, 1.54) is 6.07 Å². The fourth-order valence-electron chi connectivity index (χ4n) is 6.14. The SMILES string of the molecule is O=C(O)c1ccc2nc(CN3CCN(c4cccc(N5CCc6cc(Cl)cc(F)c6C5)n4)CC3)n(C[C@@H]3CCO3)c2c1. The predicted octanol–water partition coefficient (Wildman–Crippen LogP) is 4.60. The monoisotopic (exact) mass is 590 g/mol. The lowest BCUT2D eigenvalue weighted by atomic mass is 9.99. The molecule has 218 valence electrons. The minimum absolute atomic E-state index is 0.132. The van der Waals surface area contributed by atoms with Crippen molar-refractivity contribution in [1.82, 2.24) is 19.4 Å². The highest BCUT2D eigenvalue weighted by atomic mass is 35.5. The summed E-state index contributed by atoms with van der Waals surface area (Å²) in [6.07, 6.45) is 1.86. The highest BCUT2D eigenvalue weighted by molar-refractivity contribution is 6.30. The number of anilines is 2. The van der Waals surface area contributed by atoms with Gasteiger partial charge in [-0.15, -0.1) is 0 Å². The standard InChI is InChI=1S/C31H32ClFN6O3/c32-22-14-20-6-8-38(18-24(20)25(33)16-22)29-3-1-2-28(35-29)37-11-9-36(10-12-37)19-30-34-26-5-4-21(31(40)41)15-27(26)39(30)17-23-7-13-42-23/h1-5,14-16,23H,6-13,17-19H2,(H,40,41)/t23-/m0/s1. The van der Waals surface area contributed by atoms with Crippen molar-refractivity contribution in [3.05, 3.63) is 81.9 Å². The molecule has 0 aliphatic carbocycles. The third kappa shape index (κ3) is 5.30. The molecule has 4 aromatic rings. The number of carboxylic acid groups (broad SMARTS) is 1. The van der Waals surface area contributed by atoms with E-state index in [1.54, 1.807) is 18.2 Å². The summed E-state index contributed by atoms with van der Waals surface area (Å²) in [5.41, 5.74) is 3.57. The fourth-order valence-corrected chi connectivity index (χ4v) is 6.37. The van der Waals surface area contributed by atoms with E-state index in [-0.39, 0.29) is 17.5 Å². The van der Waals surface area contributed by atoms with E-state index in [4.69, 9.17) is 26.3 Å². The molecule has 0 radical (unpaired) electrons. The van der Waals surface area contributed by atoms with Crippen molar-refractivity contribution < 1.29 is 19.0 Å². The first kappa shape index (κ1) is 27.1. The van der Waals surface area contributed by atoms with Crippen LogP contribution in [-0.2, 0) is 30.8 Å². The molecule has 0 amide bonds. The van der Waals surface area contributed by atoms with E-state index >= 15 is 0 Å². The molecule has 0 bridgehead atoms. The normalized spacial score (nSPS) is 19.1. The Morgan fingerprint density at radius 3 is 2.55 bits per heavy atom. The van der Waals surface area contributed by atoms with E-state index in [9.17, 15) is 14.3 Å². The quantitative estimate of drug-likeness (QED) is 0.334. The molecule has 0 saturated carbocycles. The van der Waals surface area contributed by atoms with Crippen LogP contribution in [0.15, 0.2) is 48.5 Å². The first-order valence-corrected chi connectivity index (χ1v) is 14.8. The van der Waals surface area contributed by atoms with Gasteiger partial charge in [-0.25, -0.2) is 19.2 Å². The number of nitrogens with zero attached hydrogens (tertiary/aromatic N) is 6. The van der Waals surface area contributed by atoms with Gasteiger partial charge in [-0.2, -0.15) is 0 Å². The number of aromatic nitrogens is 3. The van der Waals surface area contributed by atoms with Crippen LogP contribution in [0.2, 0.25) is 5.02 Å². The lowest BCUT2D eigenvalue weighted by Gasteiger charge is -2.36. The largest absolute Gasteiger partial charge is 0.478 e. The molecule has 7 rings (SSSR count). The zero-order valence-corrected chi connectivity index (χ0v) is 23.9. The molecule has 3 aliphatic rings. The number of carbonyl (C=O) groups is 1. The van der Waals surface area contributed by atoms with Gasteiger partial charge in [0, 0.05) is 56.5 Å². The van der Waals surface area contributed by atoms with Crippen LogP contribution < -0.4 is 9.80 Å². The summed E-state index contributed by atoms with van der Waals surface area (Å²) in [5, 5.41) is 9.96. The van der Waals surface area contributed by atoms with Gasteiger partial charge in [0.25, 0.3) is 0 Å². The average Bonchev–Trinajstić information content (AvgIpc) is 3.31. The summed E-state index contributed by atoms with van der Waals surface area (Å²) in [5.74, 6) is 1.50. The molecule has 42 heavy (non-hydrogen) atoms. The number of pyridine rings is 1. The molecular formula is C31H32ClFN6O3. The van der Waals surface area contributed by atoms with Crippen molar-refractivity contribution in [1.29, 1.82) is 0 Å². The Labute approximate surface area is 248 Å². The lowest BCUT2D eigenvalue weighted by Crippen LogP contribution is -2.46. The molecule has 9 nitrogen and oxygen atoms in total. The number of aromatic carboxylic acids is 1. The molecule has 5 heterocycles. The zero-order chi connectivity index (χ0) is 28.8. The zero-order valence-electron chi connectivity index (χ0n) is 23.2. The minimum atomic E-state index is -0.943. The number of halogens is 2. The van der Waals surface area contributed by atoms with Crippen molar-refractivity contribution in [3.63, 3.8) is 0 Å². The Bertz CT molecular complexity index is 1650. The van der Waals surface area contributed by atoms with Gasteiger partial charge in [-0.3, -0.25) is 4.90 Å². The molecule has 2 saturated heterocycles. The second kappa shape index (κ2) is 11.2. The number of hydrogen-bond acceptors (Lipinski definition) is 7. The molecule has 2 aromatic carbocycles. The van der Waals surface area contributed by atoms with Gasteiger partial charge in [-0.1, -0.05) is 17.7 Å². The van der Waals surface area contributed by atoms with Crippen LogP contribution in [0, 0.1) is 5.82 Å². The Morgan fingerprint density at radius 1 is 1.02 bits per heavy atom. The third-order valence-corrected chi connectivity index (χ3v) is 8.83. The number of piperazine rings is 1. The second-order valence-electron chi connectivity index (χ2n) is 11.2. The number of rotatable bonds is 7. The van der Waals surface area contributed by atoms with Crippen LogP contribution in [0.25, 0.3) is 11.0 Å². The highest BCUT2D eigenvalue weighted by Gasteiger charge is 2.26. The van der Waals surface area contributed by atoms with Crippen molar-refractivity contribution in [2.45, 2.75) is 38.6 Å². The van der Waals surface area contributed by atoms with Crippen LogP contribution in [0.5, 0.6) is 0 Å².